The second-order valence-electron chi connectivity index (χ2n) is 4.02. The molecule has 2 amide bonds. The molecule has 0 bridgehead atoms. The number of amidine groups is 1. The average molecular weight is 278 g/mol. The van der Waals surface area contributed by atoms with Crippen molar-refractivity contribution >= 4 is 17.6 Å². The zero-order valence-electron chi connectivity index (χ0n) is 11.2. The van der Waals surface area contributed by atoms with Gasteiger partial charge in [-0.2, -0.15) is 0 Å². The van der Waals surface area contributed by atoms with Crippen molar-refractivity contribution in [2.45, 2.75) is 13.3 Å². The Kier molecular flexibility index (Phi) is 6.02. The number of nitrogens with zero attached hydrogens (tertiary/aromatic N) is 1. The van der Waals surface area contributed by atoms with E-state index in [1.54, 1.807) is 24.3 Å². The van der Waals surface area contributed by atoms with E-state index in [9.17, 15) is 9.59 Å². The fourth-order valence-corrected chi connectivity index (χ4v) is 1.53. The number of carbonyl (C=O) groups is 2. The van der Waals surface area contributed by atoms with Crippen LogP contribution >= 0.6 is 0 Å². The van der Waals surface area contributed by atoms with E-state index in [-0.39, 0.29) is 30.6 Å². The molecule has 0 spiro atoms. The first-order valence-electron chi connectivity index (χ1n) is 6.21. The molecule has 0 aliphatic rings. The van der Waals surface area contributed by atoms with Crippen molar-refractivity contribution in [3.05, 3.63) is 35.4 Å². The Labute approximate surface area is 116 Å². The van der Waals surface area contributed by atoms with E-state index in [2.05, 4.69) is 15.8 Å². The van der Waals surface area contributed by atoms with Crippen LogP contribution in [0.15, 0.2) is 29.4 Å². The summed E-state index contributed by atoms with van der Waals surface area (Å²) >= 11 is 0. The van der Waals surface area contributed by atoms with Gasteiger partial charge >= 0.3 is 0 Å². The standard InChI is InChI=1S/C13H18N4O3/c1-2-15-11(18)7-8-16-13(19)10-5-3-9(4-6-10)12(14)17-20/h3-6,20H,2,7-8H2,1H3,(H2,14,17)(H,15,18)(H,16,19). The molecule has 7 nitrogen and oxygen atoms in total. The maximum absolute atomic E-state index is 11.8. The van der Waals surface area contributed by atoms with Gasteiger partial charge in [0.2, 0.25) is 5.91 Å². The van der Waals surface area contributed by atoms with Gasteiger partial charge in [0.1, 0.15) is 0 Å². The van der Waals surface area contributed by atoms with Crippen LogP contribution in [0.1, 0.15) is 29.3 Å². The van der Waals surface area contributed by atoms with E-state index in [0.717, 1.165) is 0 Å². The van der Waals surface area contributed by atoms with Crippen molar-refractivity contribution in [2.75, 3.05) is 13.1 Å². The van der Waals surface area contributed by atoms with Crippen LogP contribution in [0.5, 0.6) is 0 Å². The molecule has 0 heterocycles. The number of benzene rings is 1. The third-order valence-corrected chi connectivity index (χ3v) is 2.56. The van der Waals surface area contributed by atoms with Crippen LogP contribution in [0.3, 0.4) is 0 Å². The van der Waals surface area contributed by atoms with Crippen LogP contribution in [0.25, 0.3) is 0 Å². The lowest BCUT2D eigenvalue weighted by Crippen LogP contribution is -2.30. The summed E-state index contributed by atoms with van der Waals surface area (Å²) in [5, 5.41) is 16.7. The Morgan fingerprint density at radius 2 is 1.80 bits per heavy atom. The van der Waals surface area contributed by atoms with Gasteiger partial charge in [-0.05, 0) is 19.1 Å². The summed E-state index contributed by atoms with van der Waals surface area (Å²) < 4.78 is 0. The number of hydrogen-bond acceptors (Lipinski definition) is 4. The van der Waals surface area contributed by atoms with Gasteiger partial charge in [-0.1, -0.05) is 17.3 Å². The molecule has 1 rings (SSSR count). The molecule has 1 aromatic carbocycles. The van der Waals surface area contributed by atoms with Crippen LogP contribution in [-0.2, 0) is 4.79 Å². The topological polar surface area (TPSA) is 117 Å². The Bertz CT molecular complexity index is 497. The summed E-state index contributed by atoms with van der Waals surface area (Å²) in [4.78, 5) is 23.0. The molecule has 0 unspecified atom stereocenters. The van der Waals surface area contributed by atoms with Crippen LogP contribution < -0.4 is 16.4 Å². The largest absolute Gasteiger partial charge is 0.409 e. The van der Waals surface area contributed by atoms with Gasteiger partial charge in [-0.15, -0.1) is 0 Å². The van der Waals surface area contributed by atoms with E-state index in [4.69, 9.17) is 10.9 Å². The van der Waals surface area contributed by atoms with Crippen LogP contribution in [0, 0.1) is 0 Å². The second-order valence-corrected chi connectivity index (χ2v) is 4.02. The quantitative estimate of drug-likeness (QED) is 0.254. The Morgan fingerprint density at radius 3 is 2.35 bits per heavy atom. The van der Waals surface area contributed by atoms with Crippen molar-refractivity contribution in [1.82, 2.24) is 10.6 Å². The fourth-order valence-electron chi connectivity index (χ4n) is 1.53. The lowest BCUT2D eigenvalue weighted by Gasteiger charge is -2.06. The molecule has 0 aliphatic carbocycles. The molecule has 0 saturated carbocycles. The lowest BCUT2D eigenvalue weighted by atomic mass is 10.1. The summed E-state index contributed by atoms with van der Waals surface area (Å²) in [6.07, 6.45) is 0.238. The van der Waals surface area contributed by atoms with Crippen molar-refractivity contribution in [3.8, 4) is 0 Å². The highest BCUT2D eigenvalue weighted by Gasteiger charge is 2.07. The number of amides is 2. The molecule has 20 heavy (non-hydrogen) atoms. The number of nitrogens with one attached hydrogen (secondary N) is 2. The van der Waals surface area contributed by atoms with E-state index in [1.165, 1.54) is 0 Å². The van der Waals surface area contributed by atoms with E-state index < -0.39 is 0 Å². The number of oxime groups is 1. The zero-order chi connectivity index (χ0) is 15.0. The zero-order valence-corrected chi connectivity index (χ0v) is 11.2. The lowest BCUT2D eigenvalue weighted by molar-refractivity contribution is -0.120. The van der Waals surface area contributed by atoms with Gasteiger partial charge < -0.3 is 21.6 Å². The van der Waals surface area contributed by atoms with Gasteiger partial charge in [-0.25, -0.2) is 0 Å². The SMILES string of the molecule is CCNC(=O)CCNC(=O)c1ccc(/C(N)=N/O)cc1. The fraction of sp³-hybridized carbons (Fsp3) is 0.308. The molecular weight excluding hydrogens is 260 g/mol. The first kappa shape index (κ1) is 15.5. The highest BCUT2D eigenvalue weighted by molar-refractivity contribution is 5.99. The van der Waals surface area contributed by atoms with Crippen molar-refractivity contribution in [3.63, 3.8) is 0 Å². The minimum Gasteiger partial charge on any atom is -0.409 e. The van der Waals surface area contributed by atoms with Gasteiger partial charge in [-0.3, -0.25) is 9.59 Å². The molecule has 0 atom stereocenters. The first-order chi connectivity index (χ1) is 9.58. The maximum atomic E-state index is 11.8. The number of rotatable bonds is 6. The van der Waals surface area contributed by atoms with E-state index in [1.807, 2.05) is 6.92 Å². The first-order valence-corrected chi connectivity index (χ1v) is 6.21. The third kappa shape index (κ3) is 4.60. The predicted molar refractivity (Wildman–Crippen MR) is 74.6 cm³/mol. The molecule has 0 radical (unpaired) electrons. The minimum atomic E-state index is -0.277. The van der Waals surface area contributed by atoms with Crippen molar-refractivity contribution in [1.29, 1.82) is 0 Å². The predicted octanol–water partition coefficient (Wildman–Crippen LogP) is 0.0371. The Balaban J connectivity index is 2.50. The van der Waals surface area contributed by atoms with Gasteiger partial charge in [0.05, 0.1) is 0 Å². The smallest absolute Gasteiger partial charge is 0.251 e. The second kappa shape index (κ2) is 7.78. The van der Waals surface area contributed by atoms with Crippen LogP contribution in [0.2, 0.25) is 0 Å². The van der Waals surface area contributed by atoms with Gasteiger partial charge in [0.15, 0.2) is 5.84 Å². The molecule has 0 aromatic heterocycles. The normalized spacial score (nSPS) is 10.9. The molecule has 0 aliphatic heterocycles. The van der Waals surface area contributed by atoms with Crippen molar-refractivity contribution < 1.29 is 14.8 Å². The van der Waals surface area contributed by atoms with Crippen LogP contribution in [0.4, 0.5) is 0 Å². The monoisotopic (exact) mass is 278 g/mol. The van der Waals surface area contributed by atoms with Crippen LogP contribution in [-0.4, -0.2) is 35.9 Å². The summed E-state index contributed by atoms with van der Waals surface area (Å²) in [7, 11) is 0. The Morgan fingerprint density at radius 1 is 1.20 bits per heavy atom. The van der Waals surface area contributed by atoms with Gasteiger partial charge in [0.25, 0.3) is 5.91 Å². The van der Waals surface area contributed by atoms with Crippen molar-refractivity contribution in [2.24, 2.45) is 10.9 Å². The molecule has 0 saturated heterocycles. The summed E-state index contributed by atoms with van der Waals surface area (Å²) in [5.41, 5.74) is 6.38. The molecule has 0 fully saturated rings. The summed E-state index contributed by atoms with van der Waals surface area (Å²) in [6.45, 7) is 2.67. The highest BCUT2D eigenvalue weighted by Crippen LogP contribution is 2.04. The number of carbonyl (C=O) groups excluding carboxylic acids is 2. The maximum Gasteiger partial charge on any atom is 0.251 e. The molecule has 108 valence electrons. The minimum absolute atomic E-state index is 0.0202. The molecule has 7 heteroatoms. The molecule has 1 aromatic rings. The van der Waals surface area contributed by atoms with Gasteiger partial charge in [0, 0.05) is 30.6 Å². The highest BCUT2D eigenvalue weighted by atomic mass is 16.4. The molecule has 5 N–H and O–H groups in total. The number of nitrogens with two attached hydrogens (primary N) is 1. The summed E-state index contributed by atoms with van der Waals surface area (Å²) in [5.74, 6) is -0.399. The number of hydrogen-bond donors (Lipinski definition) is 4. The van der Waals surface area contributed by atoms with E-state index in [0.29, 0.717) is 17.7 Å². The third-order valence-electron chi connectivity index (χ3n) is 2.56. The average Bonchev–Trinajstić information content (AvgIpc) is 2.46. The van der Waals surface area contributed by atoms with E-state index >= 15 is 0 Å². The molecular formula is C13H18N4O3. The Hall–Kier alpha value is -2.57. The summed E-state index contributed by atoms with van der Waals surface area (Å²) in [6, 6.07) is 6.28.